The van der Waals surface area contributed by atoms with Crippen molar-refractivity contribution in [1.29, 1.82) is 10.5 Å². The van der Waals surface area contributed by atoms with Gasteiger partial charge in [0.2, 0.25) is 0 Å². The van der Waals surface area contributed by atoms with E-state index in [4.69, 9.17) is 22.1 Å². The molecule has 0 radical (unpaired) electrons. The highest BCUT2D eigenvalue weighted by molar-refractivity contribution is 6.30. The van der Waals surface area contributed by atoms with Crippen molar-refractivity contribution in [3.8, 4) is 12.1 Å². The molecule has 0 unspecified atom stereocenters. The van der Waals surface area contributed by atoms with Crippen LogP contribution >= 0.6 is 11.6 Å². The van der Waals surface area contributed by atoms with Crippen LogP contribution in [0.5, 0.6) is 0 Å². The van der Waals surface area contributed by atoms with Crippen LogP contribution < -0.4 is 0 Å². The van der Waals surface area contributed by atoms with Gasteiger partial charge in [0, 0.05) is 17.5 Å². The van der Waals surface area contributed by atoms with Crippen molar-refractivity contribution in [3.05, 3.63) is 41.0 Å². The topological polar surface area (TPSA) is 63.7 Å². The monoisotopic (exact) mass is 270 g/mol. The first-order valence-electron chi connectivity index (χ1n) is 5.75. The third kappa shape index (κ3) is 3.20. The highest BCUT2D eigenvalue weighted by atomic mass is 35.5. The number of benzene rings is 1. The number of rotatable bonds is 4. The number of aromatic nitrogens is 1. The molecule has 0 aliphatic rings. The summed E-state index contributed by atoms with van der Waals surface area (Å²) in [6.07, 6.45) is 0. The van der Waals surface area contributed by atoms with Crippen molar-refractivity contribution in [2.24, 2.45) is 0 Å². The molecule has 2 rings (SSSR count). The number of nitrogens with zero attached hydrogens (tertiary/aromatic N) is 4. The van der Waals surface area contributed by atoms with E-state index in [1.165, 1.54) is 0 Å². The van der Waals surface area contributed by atoms with Gasteiger partial charge < -0.3 is 0 Å². The minimum Gasteiger partial charge on any atom is -0.273 e. The normalized spacial score (nSPS) is 10.3. The SMILES string of the molecule is N#CCN(CC#N)Cc1cc2ccccc2nc1Cl. The van der Waals surface area contributed by atoms with Crippen molar-refractivity contribution in [3.63, 3.8) is 0 Å². The van der Waals surface area contributed by atoms with Gasteiger partial charge in [-0.05, 0) is 12.1 Å². The maximum atomic E-state index is 8.73. The summed E-state index contributed by atoms with van der Waals surface area (Å²) in [5.41, 5.74) is 1.66. The second-order valence-corrected chi connectivity index (χ2v) is 4.45. The molecule has 1 aromatic carbocycles. The fraction of sp³-hybridized carbons (Fsp3) is 0.214. The van der Waals surface area contributed by atoms with E-state index in [9.17, 15) is 0 Å². The summed E-state index contributed by atoms with van der Waals surface area (Å²) in [6, 6.07) is 13.7. The zero-order chi connectivity index (χ0) is 13.7. The molecule has 0 amide bonds. The Kier molecular flexibility index (Phi) is 4.30. The van der Waals surface area contributed by atoms with Gasteiger partial charge in [-0.3, -0.25) is 4.90 Å². The second kappa shape index (κ2) is 6.15. The minimum atomic E-state index is 0.191. The largest absolute Gasteiger partial charge is 0.273 e. The Hall–Kier alpha value is -2.14. The quantitative estimate of drug-likeness (QED) is 0.633. The molecular formula is C14H11ClN4. The van der Waals surface area contributed by atoms with E-state index < -0.39 is 0 Å². The van der Waals surface area contributed by atoms with E-state index in [2.05, 4.69) is 4.98 Å². The van der Waals surface area contributed by atoms with E-state index in [0.717, 1.165) is 16.5 Å². The Bertz CT molecular complexity index is 653. The Labute approximate surface area is 116 Å². The summed E-state index contributed by atoms with van der Waals surface area (Å²) in [5.74, 6) is 0. The Morgan fingerprint density at radius 1 is 1.16 bits per heavy atom. The van der Waals surface area contributed by atoms with Gasteiger partial charge >= 0.3 is 0 Å². The maximum absolute atomic E-state index is 8.73. The van der Waals surface area contributed by atoms with Crippen molar-refractivity contribution in [2.75, 3.05) is 13.1 Å². The number of hydrogen-bond acceptors (Lipinski definition) is 4. The smallest absolute Gasteiger partial charge is 0.134 e. The number of pyridine rings is 1. The summed E-state index contributed by atoms with van der Waals surface area (Å²) >= 11 is 6.14. The number of nitriles is 2. The summed E-state index contributed by atoms with van der Waals surface area (Å²) in [7, 11) is 0. The predicted octanol–water partition coefficient (Wildman–Crippen LogP) is 2.74. The first kappa shape index (κ1) is 13.3. The van der Waals surface area contributed by atoms with Gasteiger partial charge in [-0.2, -0.15) is 10.5 Å². The lowest BCUT2D eigenvalue weighted by Gasteiger charge is -2.16. The molecule has 0 bridgehead atoms. The lowest BCUT2D eigenvalue weighted by Crippen LogP contribution is -2.24. The molecule has 0 saturated heterocycles. The molecule has 0 aliphatic heterocycles. The van der Waals surface area contributed by atoms with Crippen LogP contribution in [-0.4, -0.2) is 23.0 Å². The molecule has 0 spiro atoms. The van der Waals surface area contributed by atoms with Crippen molar-refractivity contribution >= 4 is 22.5 Å². The number of para-hydroxylation sites is 1. The lowest BCUT2D eigenvalue weighted by molar-refractivity contribution is 0.334. The molecule has 94 valence electrons. The van der Waals surface area contributed by atoms with Crippen LogP contribution in [0.3, 0.4) is 0 Å². The van der Waals surface area contributed by atoms with Crippen molar-refractivity contribution < 1.29 is 0 Å². The highest BCUT2D eigenvalue weighted by Crippen LogP contribution is 2.21. The van der Waals surface area contributed by atoms with Crippen molar-refractivity contribution in [2.45, 2.75) is 6.54 Å². The van der Waals surface area contributed by atoms with Crippen LogP contribution in [0.2, 0.25) is 5.15 Å². The fourth-order valence-electron chi connectivity index (χ4n) is 1.86. The molecule has 1 heterocycles. The van der Waals surface area contributed by atoms with E-state index in [-0.39, 0.29) is 13.1 Å². The van der Waals surface area contributed by atoms with Gasteiger partial charge in [-0.15, -0.1) is 0 Å². The Morgan fingerprint density at radius 2 is 1.84 bits per heavy atom. The van der Waals surface area contributed by atoms with Gasteiger partial charge in [0.15, 0.2) is 0 Å². The number of halogens is 1. The molecule has 0 atom stereocenters. The van der Waals surface area contributed by atoms with Crippen LogP contribution in [0.1, 0.15) is 5.56 Å². The van der Waals surface area contributed by atoms with Crippen LogP contribution in [0, 0.1) is 22.7 Å². The first-order valence-corrected chi connectivity index (χ1v) is 6.13. The second-order valence-electron chi connectivity index (χ2n) is 4.09. The predicted molar refractivity (Wildman–Crippen MR) is 73.3 cm³/mol. The van der Waals surface area contributed by atoms with Crippen LogP contribution in [-0.2, 0) is 6.54 Å². The first-order chi connectivity index (χ1) is 9.24. The van der Waals surface area contributed by atoms with Crippen LogP contribution in [0.15, 0.2) is 30.3 Å². The number of hydrogen-bond donors (Lipinski definition) is 0. The molecule has 19 heavy (non-hydrogen) atoms. The third-order valence-corrected chi connectivity index (χ3v) is 3.06. The minimum absolute atomic E-state index is 0.191. The molecule has 4 nitrogen and oxygen atoms in total. The summed E-state index contributed by atoms with van der Waals surface area (Å²) in [5, 5.41) is 18.9. The molecule has 0 N–H and O–H groups in total. The van der Waals surface area contributed by atoms with E-state index >= 15 is 0 Å². The molecule has 2 aromatic rings. The summed E-state index contributed by atoms with van der Waals surface area (Å²) < 4.78 is 0. The average molecular weight is 271 g/mol. The van der Waals surface area contributed by atoms with Gasteiger partial charge in [0.1, 0.15) is 5.15 Å². The molecule has 0 saturated carbocycles. The molecular weight excluding hydrogens is 260 g/mol. The van der Waals surface area contributed by atoms with Crippen LogP contribution in [0.25, 0.3) is 10.9 Å². The maximum Gasteiger partial charge on any atom is 0.134 e. The van der Waals surface area contributed by atoms with Crippen LogP contribution in [0.4, 0.5) is 0 Å². The van der Waals surface area contributed by atoms with E-state index in [0.29, 0.717) is 11.7 Å². The number of fused-ring (bicyclic) bond motifs is 1. The van der Waals surface area contributed by atoms with Gasteiger partial charge in [-0.25, -0.2) is 4.98 Å². The molecule has 0 aliphatic carbocycles. The molecule has 1 aromatic heterocycles. The van der Waals surface area contributed by atoms with Gasteiger partial charge in [0.05, 0.1) is 30.7 Å². The molecule has 5 heteroatoms. The van der Waals surface area contributed by atoms with Crippen molar-refractivity contribution in [1.82, 2.24) is 9.88 Å². The van der Waals surface area contributed by atoms with E-state index in [1.807, 2.05) is 42.5 Å². The Morgan fingerprint density at radius 3 is 2.53 bits per heavy atom. The van der Waals surface area contributed by atoms with Gasteiger partial charge in [0.25, 0.3) is 0 Å². The van der Waals surface area contributed by atoms with Gasteiger partial charge in [-0.1, -0.05) is 29.8 Å². The summed E-state index contributed by atoms with van der Waals surface area (Å²) in [6.45, 7) is 0.825. The zero-order valence-electron chi connectivity index (χ0n) is 10.2. The highest BCUT2D eigenvalue weighted by Gasteiger charge is 2.10. The fourth-order valence-corrected chi connectivity index (χ4v) is 2.06. The van der Waals surface area contributed by atoms with E-state index in [1.54, 1.807) is 4.90 Å². The Balaban J connectivity index is 2.31. The standard InChI is InChI=1S/C14H11ClN4/c15-14-12(10-19(7-5-16)8-6-17)9-11-3-1-2-4-13(11)18-14/h1-4,9H,7-8,10H2. The zero-order valence-corrected chi connectivity index (χ0v) is 10.9. The average Bonchev–Trinajstić information content (AvgIpc) is 2.40. The lowest BCUT2D eigenvalue weighted by atomic mass is 10.1. The molecule has 0 fully saturated rings. The third-order valence-electron chi connectivity index (χ3n) is 2.73. The summed E-state index contributed by atoms with van der Waals surface area (Å²) in [4.78, 5) is 6.04.